The van der Waals surface area contributed by atoms with Crippen molar-refractivity contribution in [3.63, 3.8) is 0 Å². The lowest BCUT2D eigenvalue weighted by atomic mass is 9.93. The van der Waals surface area contributed by atoms with Gasteiger partial charge >= 0.3 is 0 Å². The topological polar surface area (TPSA) is 89.5 Å². The first kappa shape index (κ1) is 19.6. The summed E-state index contributed by atoms with van der Waals surface area (Å²) >= 11 is 5.94. The summed E-state index contributed by atoms with van der Waals surface area (Å²) in [6, 6.07) is 4.17. The maximum absolute atomic E-state index is 12.4. The molecule has 0 atom stereocenters. The van der Waals surface area contributed by atoms with Crippen molar-refractivity contribution in [1.29, 1.82) is 0 Å². The fourth-order valence-corrected chi connectivity index (χ4v) is 2.10. The predicted octanol–water partition coefficient (Wildman–Crippen LogP) is 2.73. The lowest BCUT2D eigenvalue weighted by Gasteiger charge is -2.29. The number of carbonyl (C=O) groups excluding carboxylic acids is 1. The Labute approximate surface area is 134 Å². The van der Waals surface area contributed by atoms with Gasteiger partial charge in [-0.25, -0.2) is 0 Å². The van der Waals surface area contributed by atoms with Crippen molar-refractivity contribution in [2.45, 2.75) is 13.8 Å². The fourth-order valence-electron chi connectivity index (χ4n) is 1.85. The molecule has 0 aromatic heterocycles. The van der Waals surface area contributed by atoms with Gasteiger partial charge in [-0.2, -0.15) is 0 Å². The lowest BCUT2D eigenvalue weighted by molar-refractivity contribution is -0.385. The number of nitrogens with zero attached hydrogens (tertiary/aromatic N) is 2. The van der Waals surface area contributed by atoms with Crippen LogP contribution >= 0.6 is 24.0 Å². The van der Waals surface area contributed by atoms with Crippen LogP contribution in [-0.2, 0) is 0 Å². The SMILES string of the molecule is CN(CC(C)(C)CN)C(=O)c1c(Cl)cccc1[N+](=O)[O-].Cl. The van der Waals surface area contributed by atoms with E-state index in [2.05, 4.69) is 0 Å². The minimum Gasteiger partial charge on any atom is -0.341 e. The molecule has 1 amide bonds. The van der Waals surface area contributed by atoms with E-state index in [1.807, 2.05) is 13.8 Å². The summed E-state index contributed by atoms with van der Waals surface area (Å²) in [6.07, 6.45) is 0. The van der Waals surface area contributed by atoms with Gasteiger partial charge in [0.05, 0.1) is 9.95 Å². The van der Waals surface area contributed by atoms with Crippen molar-refractivity contribution in [2.75, 3.05) is 20.1 Å². The maximum atomic E-state index is 12.4. The summed E-state index contributed by atoms with van der Waals surface area (Å²) in [5.74, 6) is -0.483. The molecule has 0 saturated carbocycles. The Bertz CT molecular complexity index is 535. The normalized spacial score (nSPS) is 10.7. The molecule has 0 aliphatic carbocycles. The van der Waals surface area contributed by atoms with Crippen LogP contribution in [0.3, 0.4) is 0 Å². The zero-order valence-electron chi connectivity index (χ0n) is 12.1. The molecule has 0 heterocycles. The second-order valence-corrected chi connectivity index (χ2v) is 5.83. The molecule has 1 aromatic carbocycles. The van der Waals surface area contributed by atoms with Crippen LogP contribution in [0.1, 0.15) is 24.2 Å². The Morgan fingerprint density at radius 1 is 1.48 bits per heavy atom. The van der Waals surface area contributed by atoms with E-state index in [-0.39, 0.29) is 34.1 Å². The molecular weight excluding hydrogens is 317 g/mol. The van der Waals surface area contributed by atoms with Crippen LogP contribution in [0, 0.1) is 15.5 Å². The minimum absolute atomic E-state index is 0. The van der Waals surface area contributed by atoms with E-state index in [1.54, 1.807) is 7.05 Å². The van der Waals surface area contributed by atoms with E-state index in [1.165, 1.54) is 23.1 Å². The number of benzene rings is 1. The third-order valence-corrected chi connectivity index (χ3v) is 3.28. The highest BCUT2D eigenvalue weighted by atomic mass is 35.5. The van der Waals surface area contributed by atoms with Gasteiger partial charge in [0.1, 0.15) is 5.56 Å². The molecule has 0 radical (unpaired) electrons. The molecule has 0 bridgehead atoms. The zero-order chi connectivity index (χ0) is 15.5. The molecule has 0 aliphatic heterocycles. The van der Waals surface area contributed by atoms with Crippen LogP contribution in [0.5, 0.6) is 0 Å². The van der Waals surface area contributed by atoms with Crippen molar-refractivity contribution in [3.05, 3.63) is 38.9 Å². The molecule has 8 heteroatoms. The van der Waals surface area contributed by atoms with Gasteiger partial charge in [0.15, 0.2) is 0 Å². The van der Waals surface area contributed by atoms with Crippen LogP contribution in [0.15, 0.2) is 18.2 Å². The molecule has 0 fully saturated rings. The van der Waals surface area contributed by atoms with Crippen LogP contribution in [0.2, 0.25) is 5.02 Å². The number of nitro benzene ring substituents is 1. The quantitative estimate of drug-likeness (QED) is 0.661. The number of nitro groups is 1. The van der Waals surface area contributed by atoms with Gasteiger partial charge < -0.3 is 10.6 Å². The molecule has 0 spiro atoms. The van der Waals surface area contributed by atoms with E-state index in [0.29, 0.717) is 13.1 Å². The first-order valence-corrected chi connectivity index (χ1v) is 6.46. The van der Waals surface area contributed by atoms with Gasteiger partial charge in [0.2, 0.25) is 0 Å². The minimum atomic E-state index is -0.610. The fraction of sp³-hybridized carbons (Fsp3) is 0.462. The van der Waals surface area contributed by atoms with Gasteiger partial charge in [-0.1, -0.05) is 31.5 Å². The third-order valence-electron chi connectivity index (χ3n) is 2.97. The molecule has 2 N–H and O–H groups in total. The standard InChI is InChI=1S/C13H18ClN3O3.ClH/c1-13(2,7-15)8-16(3)12(18)11-9(14)5-4-6-10(11)17(19)20;/h4-6H,7-8,15H2,1-3H3;1H. The second kappa shape index (κ2) is 7.59. The Balaban J connectivity index is 0.00000400. The molecule has 0 unspecified atom stereocenters. The first-order chi connectivity index (χ1) is 9.19. The molecule has 0 saturated heterocycles. The Morgan fingerprint density at radius 2 is 2.05 bits per heavy atom. The molecule has 21 heavy (non-hydrogen) atoms. The van der Waals surface area contributed by atoms with Gasteiger partial charge in [0.25, 0.3) is 11.6 Å². The monoisotopic (exact) mass is 335 g/mol. The smallest absolute Gasteiger partial charge is 0.283 e. The number of rotatable bonds is 5. The average Bonchev–Trinajstić information content (AvgIpc) is 2.37. The summed E-state index contributed by atoms with van der Waals surface area (Å²) in [6.45, 7) is 4.61. The van der Waals surface area contributed by atoms with E-state index < -0.39 is 10.8 Å². The largest absolute Gasteiger partial charge is 0.341 e. The molecule has 6 nitrogen and oxygen atoms in total. The van der Waals surface area contributed by atoms with Crippen LogP contribution in [0.25, 0.3) is 0 Å². The van der Waals surface area contributed by atoms with Crippen molar-refractivity contribution in [2.24, 2.45) is 11.1 Å². The lowest BCUT2D eigenvalue weighted by Crippen LogP contribution is -2.40. The number of nitrogens with two attached hydrogens (primary N) is 1. The van der Waals surface area contributed by atoms with Crippen LogP contribution in [-0.4, -0.2) is 35.9 Å². The molecule has 0 aliphatic rings. The highest BCUT2D eigenvalue weighted by Crippen LogP contribution is 2.28. The van der Waals surface area contributed by atoms with E-state index in [0.717, 1.165) is 0 Å². The summed E-state index contributed by atoms with van der Waals surface area (Å²) in [4.78, 5) is 24.2. The van der Waals surface area contributed by atoms with Crippen molar-refractivity contribution >= 4 is 35.6 Å². The summed E-state index contributed by atoms with van der Waals surface area (Å²) in [5.41, 5.74) is 4.97. The second-order valence-electron chi connectivity index (χ2n) is 5.42. The number of amides is 1. The number of hydrogen-bond acceptors (Lipinski definition) is 4. The molecular formula is C13H19Cl2N3O3. The van der Waals surface area contributed by atoms with Crippen molar-refractivity contribution in [1.82, 2.24) is 4.90 Å². The number of carbonyl (C=O) groups is 1. The summed E-state index contributed by atoms with van der Waals surface area (Å²) in [5, 5.41) is 11.1. The van der Waals surface area contributed by atoms with Gasteiger partial charge in [-0.05, 0) is 18.0 Å². The third kappa shape index (κ3) is 4.84. The van der Waals surface area contributed by atoms with Crippen molar-refractivity contribution < 1.29 is 9.72 Å². The van der Waals surface area contributed by atoms with Crippen LogP contribution in [0.4, 0.5) is 5.69 Å². The Hall–Kier alpha value is -1.37. The van der Waals surface area contributed by atoms with E-state index in [4.69, 9.17) is 17.3 Å². The first-order valence-electron chi connectivity index (χ1n) is 6.08. The Kier molecular flexibility index (Phi) is 7.09. The highest BCUT2D eigenvalue weighted by Gasteiger charge is 2.28. The van der Waals surface area contributed by atoms with Gasteiger partial charge in [0, 0.05) is 19.7 Å². The molecule has 1 aromatic rings. The van der Waals surface area contributed by atoms with Gasteiger partial charge in [-0.3, -0.25) is 14.9 Å². The molecule has 118 valence electrons. The van der Waals surface area contributed by atoms with E-state index in [9.17, 15) is 14.9 Å². The summed E-state index contributed by atoms with van der Waals surface area (Å²) in [7, 11) is 1.58. The van der Waals surface area contributed by atoms with Gasteiger partial charge in [-0.15, -0.1) is 12.4 Å². The maximum Gasteiger partial charge on any atom is 0.283 e. The van der Waals surface area contributed by atoms with Crippen LogP contribution < -0.4 is 5.73 Å². The predicted molar refractivity (Wildman–Crippen MR) is 85.2 cm³/mol. The summed E-state index contributed by atoms with van der Waals surface area (Å²) < 4.78 is 0. The highest BCUT2D eigenvalue weighted by molar-refractivity contribution is 6.34. The number of hydrogen-bond donors (Lipinski definition) is 1. The van der Waals surface area contributed by atoms with E-state index >= 15 is 0 Å². The average molecular weight is 336 g/mol. The molecule has 1 rings (SSSR count). The van der Waals surface area contributed by atoms with Crippen molar-refractivity contribution in [3.8, 4) is 0 Å². The number of halogens is 2. The zero-order valence-corrected chi connectivity index (χ0v) is 13.7. The Morgan fingerprint density at radius 3 is 2.52 bits per heavy atom.